The van der Waals surface area contributed by atoms with Crippen LogP contribution >= 0.6 is 0 Å². The van der Waals surface area contributed by atoms with Gasteiger partial charge in [-0.15, -0.1) is 0 Å². The first kappa shape index (κ1) is 22.2. The van der Waals surface area contributed by atoms with Crippen LogP contribution in [0.15, 0.2) is 65.8 Å². The predicted molar refractivity (Wildman–Crippen MR) is 127 cm³/mol. The van der Waals surface area contributed by atoms with Crippen LogP contribution in [0.2, 0.25) is 0 Å². The maximum absolute atomic E-state index is 12.9. The molecule has 0 unspecified atom stereocenters. The molecule has 0 fully saturated rings. The van der Waals surface area contributed by atoms with Gasteiger partial charge in [0, 0.05) is 6.54 Å². The number of amides is 3. The van der Waals surface area contributed by atoms with Crippen LogP contribution in [-0.2, 0) is 17.9 Å². The first-order chi connectivity index (χ1) is 16.9. The summed E-state index contributed by atoms with van der Waals surface area (Å²) in [5.74, 6) is -1.43. The molecule has 0 atom stereocenters. The minimum absolute atomic E-state index is 0.187. The van der Waals surface area contributed by atoms with Crippen molar-refractivity contribution in [3.8, 4) is 0 Å². The molecular formula is C25H22N6O4. The minimum atomic E-state index is -0.481. The van der Waals surface area contributed by atoms with Crippen molar-refractivity contribution >= 4 is 28.8 Å². The summed E-state index contributed by atoms with van der Waals surface area (Å²) in [6.07, 6.45) is 2.97. The molecule has 2 aromatic heterocycles. The number of nitrogens with one attached hydrogen (secondary N) is 1. The highest BCUT2D eigenvalue weighted by atomic mass is 16.2. The first-order valence-electron chi connectivity index (χ1n) is 11.1. The van der Waals surface area contributed by atoms with Crippen molar-refractivity contribution in [2.45, 2.75) is 20.0 Å². The van der Waals surface area contributed by atoms with Gasteiger partial charge in [-0.1, -0.05) is 36.4 Å². The van der Waals surface area contributed by atoms with Gasteiger partial charge < -0.3 is 5.32 Å². The Morgan fingerprint density at radius 1 is 0.971 bits per heavy atom. The summed E-state index contributed by atoms with van der Waals surface area (Å²) in [5, 5.41) is 7.32. The average molecular weight is 470 g/mol. The first-order valence-corrected chi connectivity index (χ1v) is 11.1. The molecule has 0 aliphatic carbocycles. The Morgan fingerprint density at radius 2 is 1.66 bits per heavy atom. The van der Waals surface area contributed by atoms with Gasteiger partial charge >= 0.3 is 0 Å². The van der Waals surface area contributed by atoms with E-state index in [1.54, 1.807) is 28.8 Å². The number of rotatable bonds is 7. The molecule has 5 rings (SSSR count). The van der Waals surface area contributed by atoms with Crippen molar-refractivity contribution < 1.29 is 14.4 Å². The Hall–Kier alpha value is -4.60. The molecule has 176 valence electrons. The van der Waals surface area contributed by atoms with Crippen LogP contribution < -0.4 is 10.9 Å². The van der Waals surface area contributed by atoms with E-state index in [0.717, 1.165) is 16.0 Å². The van der Waals surface area contributed by atoms with E-state index in [1.165, 1.54) is 17.2 Å². The van der Waals surface area contributed by atoms with E-state index in [-0.39, 0.29) is 25.2 Å². The topological polar surface area (TPSA) is 119 Å². The Labute approximate surface area is 199 Å². The van der Waals surface area contributed by atoms with Gasteiger partial charge in [-0.05, 0) is 30.2 Å². The van der Waals surface area contributed by atoms with Crippen molar-refractivity contribution in [3.63, 3.8) is 0 Å². The highest BCUT2D eigenvalue weighted by molar-refractivity contribution is 6.22. The predicted octanol–water partition coefficient (Wildman–Crippen LogP) is 1.36. The molecule has 1 aliphatic rings. The third-order valence-corrected chi connectivity index (χ3v) is 6.05. The van der Waals surface area contributed by atoms with Crippen LogP contribution in [0.4, 0.5) is 0 Å². The second-order valence-electron chi connectivity index (χ2n) is 8.30. The van der Waals surface area contributed by atoms with Crippen molar-refractivity contribution in [3.05, 3.63) is 93.7 Å². The van der Waals surface area contributed by atoms with Gasteiger partial charge in [0.1, 0.15) is 18.3 Å². The highest BCUT2D eigenvalue weighted by Gasteiger charge is 2.36. The molecule has 2 aromatic carbocycles. The molecule has 0 bridgehead atoms. The standard InChI is InChI=1S/C25H22N6O4/c1-16-6-2-3-7-17(16)13-29-15-27-22-20(23(29)33)12-28-31(22)11-10-26-21(32)14-30-24(34)18-8-4-5-9-19(18)25(30)35/h2-9,12,15H,10-11,13-14H2,1H3,(H,26,32). The fourth-order valence-electron chi connectivity index (χ4n) is 4.13. The van der Waals surface area contributed by atoms with E-state index >= 15 is 0 Å². The zero-order chi connectivity index (χ0) is 24.5. The zero-order valence-electron chi connectivity index (χ0n) is 19.0. The maximum atomic E-state index is 12.9. The molecule has 0 spiro atoms. The summed E-state index contributed by atoms with van der Waals surface area (Å²) in [7, 11) is 0. The second-order valence-corrected chi connectivity index (χ2v) is 8.30. The summed E-state index contributed by atoms with van der Waals surface area (Å²) in [5.41, 5.74) is 2.95. The highest BCUT2D eigenvalue weighted by Crippen LogP contribution is 2.21. The van der Waals surface area contributed by atoms with Gasteiger partial charge in [0.15, 0.2) is 5.65 Å². The van der Waals surface area contributed by atoms with E-state index in [2.05, 4.69) is 15.4 Å². The van der Waals surface area contributed by atoms with Crippen molar-refractivity contribution in [2.75, 3.05) is 13.1 Å². The van der Waals surface area contributed by atoms with E-state index in [1.807, 2.05) is 31.2 Å². The van der Waals surface area contributed by atoms with Crippen LogP contribution in [0.1, 0.15) is 31.8 Å². The number of hydrogen-bond donors (Lipinski definition) is 1. The molecule has 3 amide bonds. The number of benzene rings is 2. The van der Waals surface area contributed by atoms with Crippen molar-refractivity contribution in [2.24, 2.45) is 0 Å². The summed E-state index contributed by atoms with van der Waals surface area (Å²) in [6.45, 7) is 2.49. The lowest BCUT2D eigenvalue weighted by molar-refractivity contribution is -0.121. The van der Waals surface area contributed by atoms with Crippen molar-refractivity contribution in [1.29, 1.82) is 0 Å². The molecule has 0 saturated heterocycles. The van der Waals surface area contributed by atoms with Crippen molar-refractivity contribution in [1.82, 2.24) is 29.5 Å². The fraction of sp³-hybridized carbons (Fsp3) is 0.200. The molecule has 1 N–H and O–H groups in total. The molecule has 0 saturated carbocycles. The molecule has 4 aromatic rings. The molecule has 10 nitrogen and oxygen atoms in total. The summed E-state index contributed by atoms with van der Waals surface area (Å²) < 4.78 is 3.08. The minimum Gasteiger partial charge on any atom is -0.353 e. The lowest BCUT2D eigenvalue weighted by Gasteiger charge is -2.13. The molecule has 10 heteroatoms. The van der Waals surface area contributed by atoms with E-state index in [4.69, 9.17) is 0 Å². The van der Waals surface area contributed by atoms with Gasteiger partial charge in [-0.3, -0.25) is 28.6 Å². The van der Waals surface area contributed by atoms with Gasteiger partial charge in [0.05, 0.1) is 30.4 Å². The number of nitrogens with zero attached hydrogens (tertiary/aromatic N) is 5. The monoisotopic (exact) mass is 470 g/mol. The van der Waals surface area contributed by atoms with Crippen LogP contribution in [0.5, 0.6) is 0 Å². The average Bonchev–Trinajstić information content (AvgIpc) is 3.37. The number of carbonyl (C=O) groups is 3. The van der Waals surface area contributed by atoms with Crippen LogP contribution in [-0.4, -0.2) is 55.0 Å². The summed E-state index contributed by atoms with van der Waals surface area (Å²) in [4.78, 5) is 55.5. The number of hydrogen-bond acceptors (Lipinski definition) is 6. The van der Waals surface area contributed by atoms with E-state index in [0.29, 0.717) is 28.7 Å². The summed E-state index contributed by atoms with van der Waals surface area (Å²) in [6, 6.07) is 14.3. The molecule has 3 heterocycles. The van der Waals surface area contributed by atoms with Crippen LogP contribution in [0, 0.1) is 6.92 Å². The lowest BCUT2D eigenvalue weighted by Crippen LogP contribution is -2.41. The third kappa shape index (κ3) is 4.10. The molecule has 0 radical (unpaired) electrons. The Balaban J connectivity index is 1.22. The maximum Gasteiger partial charge on any atom is 0.264 e. The second kappa shape index (κ2) is 8.98. The zero-order valence-corrected chi connectivity index (χ0v) is 19.0. The van der Waals surface area contributed by atoms with Gasteiger partial charge in [0.25, 0.3) is 17.4 Å². The van der Waals surface area contributed by atoms with Gasteiger partial charge in [0.2, 0.25) is 5.91 Å². The number of carbonyl (C=O) groups excluding carboxylic acids is 3. The molecule has 35 heavy (non-hydrogen) atoms. The Kier molecular flexibility index (Phi) is 5.69. The van der Waals surface area contributed by atoms with Crippen LogP contribution in [0.3, 0.4) is 0 Å². The number of aryl methyl sites for hydroxylation is 1. The number of imide groups is 1. The fourth-order valence-corrected chi connectivity index (χ4v) is 4.13. The smallest absolute Gasteiger partial charge is 0.264 e. The largest absolute Gasteiger partial charge is 0.353 e. The lowest BCUT2D eigenvalue weighted by atomic mass is 10.1. The quantitative estimate of drug-likeness (QED) is 0.408. The number of aromatic nitrogens is 4. The molecular weight excluding hydrogens is 448 g/mol. The Morgan fingerprint density at radius 3 is 2.37 bits per heavy atom. The van der Waals surface area contributed by atoms with E-state index < -0.39 is 17.7 Å². The normalized spacial score (nSPS) is 12.9. The van der Waals surface area contributed by atoms with Crippen LogP contribution in [0.25, 0.3) is 11.0 Å². The van der Waals surface area contributed by atoms with E-state index in [9.17, 15) is 19.2 Å². The number of fused-ring (bicyclic) bond motifs is 2. The third-order valence-electron chi connectivity index (χ3n) is 6.05. The summed E-state index contributed by atoms with van der Waals surface area (Å²) >= 11 is 0. The molecule has 1 aliphatic heterocycles. The van der Waals surface area contributed by atoms with Gasteiger partial charge in [-0.25, -0.2) is 9.67 Å². The SMILES string of the molecule is Cc1ccccc1Cn1cnc2c(cnn2CCNC(=O)CN2C(=O)c3ccccc3C2=O)c1=O. The van der Waals surface area contributed by atoms with Gasteiger partial charge in [-0.2, -0.15) is 5.10 Å². The Bertz CT molecular complexity index is 1500.